The molecule has 0 fully saturated rings. The van der Waals surface area contributed by atoms with Gasteiger partial charge in [0.25, 0.3) is 0 Å². The van der Waals surface area contributed by atoms with Gasteiger partial charge in [-0.2, -0.15) is 0 Å². The van der Waals surface area contributed by atoms with E-state index in [9.17, 15) is 5.11 Å². The molecular weight excluding hydrogens is 445 g/mol. The van der Waals surface area contributed by atoms with Crippen LogP contribution in [-0.2, 0) is 6.54 Å². The highest BCUT2D eigenvalue weighted by molar-refractivity contribution is 9.11. The second kappa shape index (κ2) is 10.3. The smallest absolute Gasteiger partial charge is 0.138 e. The van der Waals surface area contributed by atoms with Gasteiger partial charge in [-0.3, -0.25) is 0 Å². The third-order valence-corrected chi connectivity index (χ3v) is 4.26. The van der Waals surface area contributed by atoms with Gasteiger partial charge in [0.2, 0.25) is 0 Å². The molecule has 1 unspecified atom stereocenters. The van der Waals surface area contributed by atoms with Crippen molar-refractivity contribution in [3.05, 3.63) is 62.5 Å². The summed E-state index contributed by atoms with van der Waals surface area (Å²) in [6, 6.07) is 13.6. The zero-order valence-corrected chi connectivity index (χ0v) is 16.7. The minimum atomic E-state index is -0.521. The van der Waals surface area contributed by atoms with Crippen molar-refractivity contribution < 1.29 is 9.84 Å². The van der Waals surface area contributed by atoms with E-state index in [1.165, 1.54) is 0 Å². The van der Waals surface area contributed by atoms with Crippen LogP contribution < -0.4 is 10.1 Å². The van der Waals surface area contributed by atoms with Crippen molar-refractivity contribution in [1.82, 2.24) is 5.32 Å². The van der Waals surface area contributed by atoms with Crippen molar-refractivity contribution >= 4 is 44.3 Å². The van der Waals surface area contributed by atoms with Gasteiger partial charge in [0, 0.05) is 23.1 Å². The number of aliphatic hydroxyl groups is 1. The minimum Gasteiger partial charge on any atom is -0.492 e. The molecule has 0 radical (unpaired) electrons. The van der Waals surface area contributed by atoms with Gasteiger partial charge in [0.05, 0.1) is 17.2 Å². The fraction of sp³-hybridized carbons (Fsp3) is 0.294. The molecule has 0 saturated heterocycles. The van der Waals surface area contributed by atoms with Crippen LogP contribution in [0.1, 0.15) is 24.2 Å². The maximum atomic E-state index is 10.2. The van der Waals surface area contributed by atoms with Crippen molar-refractivity contribution in [2.45, 2.75) is 19.6 Å². The van der Waals surface area contributed by atoms with E-state index in [0.717, 1.165) is 25.8 Å². The highest BCUT2D eigenvalue weighted by atomic mass is 79.9. The molecule has 126 valence electrons. The first-order valence-electron chi connectivity index (χ1n) is 7.16. The molecule has 2 aromatic carbocycles. The second-order valence-corrected chi connectivity index (χ2v) is 6.64. The summed E-state index contributed by atoms with van der Waals surface area (Å²) < 4.78 is 7.60. The van der Waals surface area contributed by atoms with Gasteiger partial charge in [-0.05, 0) is 40.5 Å². The second-order valence-electron chi connectivity index (χ2n) is 4.87. The summed E-state index contributed by atoms with van der Waals surface area (Å²) in [4.78, 5) is 0. The summed E-state index contributed by atoms with van der Waals surface area (Å²) in [6.45, 7) is 3.68. The predicted octanol–water partition coefficient (Wildman–Crippen LogP) is 4.86. The number of benzene rings is 2. The van der Waals surface area contributed by atoms with Crippen molar-refractivity contribution in [1.29, 1.82) is 0 Å². The fourth-order valence-electron chi connectivity index (χ4n) is 2.19. The maximum absolute atomic E-state index is 10.2. The number of hydrogen-bond donors (Lipinski definition) is 2. The number of rotatable bonds is 7. The van der Waals surface area contributed by atoms with Crippen LogP contribution in [0.15, 0.2) is 51.4 Å². The zero-order chi connectivity index (χ0) is 15.9. The Kier molecular flexibility index (Phi) is 9.17. The minimum absolute atomic E-state index is 0. The summed E-state index contributed by atoms with van der Waals surface area (Å²) in [5, 5.41) is 13.4. The Balaban J connectivity index is 0.00000264. The molecule has 3 nitrogen and oxygen atoms in total. The van der Waals surface area contributed by atoms with Gasteiger partial charge in [-0.25, -0.2) is 0 Å². The molecule has 0 aromatic heterocycles. The van der Waals surface area contributed by atoms with Gasteiger partial charge in [-0.15, -0.1) is 12.4 Å². The number of halogens is 3. The average molecular weight is 466 g/mol. The first-order valence-corrected chi connectivity index (χ1v) is 8.75. The van der Waals surface area contributed by atoms with E-state index in [0.29, 0.717) is 19.7 Å². The molecule has 2 aromatic rings. The summed E-state index contributed by atoms with van der Waals surface area (Å²) in [7, 11) is 0. The first-order chi connectivity index (χ1) is 10.6. The summed E-state index contributed by atoms with van der Waals surface area (Å²) in [5.41, 5.74) is 1.96. The lowest BCUT2D eigenvalue weighted by Gasteiger charge is -2.16. The van der Waals surface area contributed by atoms with Crippen molar-refractivity contribution in [2.24, 2.45) is 0 Å². The SMILES string of the molecule is CCOc1c(Br)cc(Br)cc1CNCC(O)c1ccccc1.Cl. The van der Waals surface area contributed by atoms with Gasteiger partial charge in [0.1, 0.15) is 5.75 Å². The van der Waals surface area contributed by atoms with Crippen LogP contribution in [0.25, 0.3) is 0 Å². The molecule has 0 aliphatic carbocycles. The molecule has 0 amide bonds. The normalized spacial score (nSPS) is 11.7. The monoisotopic (exact) mass is 463 g/mol. The molecular formula is C17H20Br2ClNO2. The van der Waals surface area contributed by atoms with Crippen molar-refractivity contribution in [2.75, 3.05) is 13.2 Å². The van der Waals surface area contributed by atoms with Crippen LogP contribution in [-0.4, -0.2) is 18.3 Å². The van der Waals surface area contributed by atoms with E-state index in [1.54, 1.807) is 0 Å². The molecule has 2 N–H and O–H groups in total. The Hall–Kier alpha value is -0.590. The van der Waals surface area contributed by atoms with E-state index < -0.39 is 6.10 Å². The van der Waals surface area contributed by atoms with Crippen LogP contribution in [0.3, 0.4) is 0 Å². The van der Waals surface area contributed by atoms with E-state index in [-0.39, 0.29) is 12.4 Å². The molecule has 0 aliphatic heterocycles. The van der Waals surface area contributed by atoms with Gasteiger partial charge < -0.3 is 15.2 Å². The third-order valence-electron chi connectivity index (χ3n) is 3.21. The number of nitrogens with one attached hydrogen (secondary N) is 1. The Morgan fingerprint density at radius 1 is 1.17 bits per heavy atom. The molecule has 0 bridgehead atoms. The topological polar surface area (TPSA) is 41.5 Å². The van der Waals surface area contributed by atoms with E-state index in [1.807, 2.05) is 49.4 Å². The lowest BCUT2D eigenvalue weighted by Crippen LogP contribution is -2.21. The molecule has 2 rings (SSSR count). The Morgan fingerprint density at radius 3 is 2.52 bits per heavy atom. The van der Waals surface area contributed by atoms with Crippen LogP contribution in [0.4, 0.5) is 0 Å². The predicted molar refractivity (Wildman–Crippen MR) is 103 cm³/mol. The first kappa shape index (κ1) is 20.5. The highest BCUT2D eigenvalue weighted by Crippen LogP contribution is 2.33. The van der Waals surface area contributed by atoms with Gasteiger partial charge >= 0.3 is 0 Å². The fourth-order valence-corrected chi connectivity index (χ4v) is 3.62. The van der Waals surface area contributed by atoms with Gasteiger partial charge in [0.15, 0.2) is 0 Å². The molecule has 1 atom stereocenters. The van der Waals surface area contributed by atoms with Crippen molar-refractivity contribution in [3.8, 4) is 5.75 Å². The van der Waals surface area contributed by atoms with Crippen molar-refractivity contribution in [3.63, 3.8) is 0 Å². The average Bonchev–Trinajstić information content (AvgIpc) is 2.51. The maximum Gasteiger partial charge on any atom is 0.138 e. The van der Waals surface area contributed by atoms with E-state index in [2.05, 4.69) is 37.2 Å². The molecule has 6 heteroatoms. The molecule has 0 saturated carbocycles. The standard InChI is InChI=1S/C17H19Br2NO2.ClH/c1-2-22-17-13(8-14(18)9-15(17)19)10-20-11-16(21)12-6-4-3-5-7-12;/h3-9,16,20-21H,2,10-11H2,1H3;1H. The Morgan fingerprint density at radius 2 is 1.87 bits per heavy atom. The molecule has 23 heavy (non-hydrogen) atoms. The van der Waals surface area contributed by atoms with Crippen LogP contribution in [0.2, 0.25) is 0 Å². The van der Waals surface area contributed by atoms with Crippen LogP contribution in [0.5, 0.6) is 5.75 Å². The van der Waals surface area contributed by atoms with Gasteiger partial charge in [-0.1, -0.05) is 46.3 Å². The van der Waals surface area contributed by atoms with E-state index >= 15 is 0 Å². The Labute approximate surface area is 160 Å². The summed E-state index contributed by atoms with van der Waals surface area (Å²) in [5.74, 6) is 0.840. The van der Waals surface area contributed by atoms with Crippen LogP contribution in [0, 0.1) is 0 Å². The quantitative estimate of drug-likeness (QED) is 0.614. The zero-order valence-electron chi connectivity index (χ0n) is 12.8. The largest absolute Gasteiger partial charge is 0.492 e. The number of hydrogen-bond acceptors (Lipinski definition) is 3. The third kappa shape index (κ3) is 6.08. The highest BCUT2D eigenvalue weighted by Gasteiger charge is 2.11. The number of ether oxygens (including phenoxy) is 1. The molecule has 0 aliphatic rings. The molecule has 0 heterocycles. The number of aliphatic hydroxyl groups excluding tert-OH is 1. The van der Waals surface area contributed by atoms with Crippen LogP contribution >= 0.6 is 44.3 Å². The summed E-state index contributed by atoms with van der Waals surface area (Å²) in [6.07, 6.45) is -0.521. The summed E-state index contributed by atoms with van der Waals surface area (Å²) >= 11 is 7.02. The lowest BCUT2D eigenvalue weighted by atomic mass is 10.1. The van der Waals surface area contributed by atoms with E-state index in [4.69, 9.17) is 4.74 Å². The lowest BCUT2D eigenvalue weighted by molar-refractivity contribution is 0.174. The Bertz CT molecular complexity index is 611. The molecule has 0 spiro atoms.